The van der Waals surface area contributed by atoms with Crippen LogP contribution >= 0.6 is 0 Å². The maximum atomic E-state index is 12.6. The lowest BCUT2D eigenvalue weighted by molar-refractivity contribution is 0.0119. The molecule has 0 aromatic carbocycles. The summed E-state index contributed by atoms with van der Waals surface area (Å²) in [6.45, 7) is 7.15. The fourth-order valence-electron chi connectivity index (χ4n) is 3.20. The van der Waals surface area contributed by atoms with Crippen molar-refractivity contribution in [1.29, 1.82) is 0 Å². The number of methoxy groups -OCH3 is 1. The quantitative estimate of drug-likeness (QED) is 0.799. The van der Waals surface area contributed by atoms with E-state index < -0.39 is 0 Å². The number of nitrogens with zero attached hydrogens (tertiary/aromatic N) is 4. The summed E-state index contributed by atoms with van der Waals surface area (Å²) in [6, 6.07) is 3.74. The number of likely N-dealkylation sites (tertiary alicyclic amines) is 1. The average Bonchev–Trinajstić information content (AvgIpc) is 2.97. The van der Waals surface area contributed by atoms with Gasteiger partial charge in [0.15, 0.2) is 5.69 Å². The van der Waals surface area contributed by atoms with Crippen LogP contribution in [0.5, 0.6) is 5.88 Å². The number of carbonyl (C=O) groups is 1. The summed E-state index contributed by atoms with van der Waals surface area (Å²) in [4.78, 5) is 16.9. The molecule has 2 aliphatic heterocycles. The molecule has 3 heterocycles. The zero-order chi connectivity index (χ0) is 15.5. The second-order valence-electron chi connectivity index (χ2n) is 5.86. The molecule has 2 aliphatic rings. The summed E-state index contributed by atoms with van der Waals surface area (Å²) in [5.41, 5.74) is 0.371. The molecule has 7 nitrogen and oxygen atoms in total. The van der Waals surface area contributed by atoms with E-state index in [2.05, 4.69) is 22.0 Å². The largest absolute Gasteiger partial charge is 0.480 e. The van der Waals surface area contributed by atoms with Gasteiger partial charge in [0.25, 0.3) is 5.91 Å². The van der Waals surface area contributed by atoms with E-state index in [9.17, 15) is 4.79 Å². The van der Waals surface area contributed by atoms with Crippen molar-refractivity contribution >= 4 is 5.91 Å². The van der Waals surface area contributed by atoms with E-state index in [1.165, 1.54) is 7.11 Å². The number of amides is 1. The Morgan fingerprint density at radius 1 is 1.27 bits per heavy atom. The molecular weight excluding hydrogens is 284 g/mol. The van der Waals surface area contributed by atoms with Gasteiger partial charge in [-0.1, -0.05) is 6.92 Å². The molecule has 1 aromatic heterocycles. The lowest BCUT2D eigenvalue weighted by atomic mass is 10.0. The Morgan fingerprint density at radius 3 is 2.68 bits per heavy atom. The van der Waals surface area contributed by atoms with Crippen LogP contribution in [0.3, 0.4) is 0 Å². The van der Waals surface area contributed by atoms with Crippen LogP contribution in [0.4, 0.5) is 0 Å². The summed E-state index contributed by atoms with van der Waals surface area (Å²) in [6.07, 6.45) is 0. The molecule has 0 unspecified atom stereocenters. The summed E-state index contributed by atoms with van der Waals surface area (Å²) >= 11 is 0. The first-order valence-electron chi connectivity index (χ1n) is 7.68. The van der Waals surface area contributed by atoms with Gasteiger partial charge in [0.1, 0.15) is 0 Å². The third-order valence-electron chi connectivity index (χ3n) is 4.44. The highest BCUT2D eigenvalue weighted by atomic mass is 16.5. The molecule has 0 N–H and O–H groups in total. The number of hydrogen-bond acceptors (Lipinski definition) is 6. The van der Waals surface area contributed by atoms with E-state index in [0.717, 1.165) is 39.4 Å². The monoisotopic (exact) mass is 306 g/mol. The van der Waals surface area contributed by atoms with Crippen molar-refractivity contribution in [2.75, 3.05) is 46.5 Å². The fourth-order valence-corrected chi connectivity index (χ4v) is 3.20. The van der Waals surface area contributed by atoms with Crippen LogP contribution in [0.2, 0.25) is 0 Å². The zero-order valence-corrected chi connectivity index (χ0v) is 13.1. The molecular formula is C15H22N4O3. The molecule has 7 heteroatoms. The highest BCUT2D eigenvalue weighted by Gasteiger charge is 2.37. The van der Waals surface area contributed by atoms with Crippen LogP contribution in [-0.4, -0.2) is 78.4 Å². The molecule has 120 valence electrons. The molecule has 2 fully saturated rings. The number of ether oxygens (including phenoxy) is 2. The summed E-state index contributed by atoms with van der Waals surface area (Å²) < 4.78 is 10.4. The second-order valence-corrected chi connectivity index (χ2v) is 5.86. The Morgan fingerprint density at radius 2 is 2.05 bits per heavy atom. The van der Waals surface area contributed by atoms with E-state index in [0.29, 0.717) is 23.5 Å². The highest BCUT2D eigenvalue weighted by Crippen LogP contribution is 2.24. The molecule has 0 saturated carbocycles. The van der Waals surface area contributed by atoms with Crippen molar-refractivity contribution in [2.45, 2.75) is 13.0 Å². The molecule has 0 aliphatic carbocycles. The highest BCUT2D eigenvalue weighted by molar-refractivity contribution is 5.92. The number of hydrogen-bond donors (Lipinski definition) is 0. The van der Waals surface area contributed by atoms with E-state index >= 15 is 0 Å². The van der Waals surface area contributed by atoms with E-state index in [-0.39, 0.29) is 5.91 Å². The first-order valence-corrected chi connectivity index (χ1v) is 7.68. The molecule has 0 spiro atoms. The van der Waals surface area contributed by atoms with Gasteiger partial charge in [-0.05, 0) is 12.0 Å². The summed E-state index contributed by atoms with van der Waals surface area (Å²) in [5.74, 6) is 0.809. The van der Waals surface area contributed by atoms with Crippen molar-refractivity contribution in [3.05, 3.63) is 17.8 Å². The molecule has 1 amide bonds. The summed E-state index contributed by atoms with van der Waals surface area (Å²) in [5, 5.41) is 7.83. The minimum atomic E-state index is -0.0576. The summed E-state index contributed by atoms with van der Waals surface area (Å²) in [7, 11) is 1.53. The predicted molar refractivity (Wildman–Crippen MR) is 79.8 cm³/mol. The van der Waals surface area contributed by atoms with E-state index in [1.807, 2.05) is 4.90 Å². The van der Waals surface area contributed by atoms with Crippen LogP contribution in [0.15, 0.2) is 12.1 Å². The van der Waals surface area contributed by atoms with Gasteiger partial charge in [-0.3, -0.25) is 9.69 Å². The fraction of sp³-hybridized carbons (Fsp3) is 0.667. The maximum Gasteiger partial charge on any atom is 0.274 e. The molecule has 0 bridgehead atoms. The molecule has 2 atom stereocenters. The van der Waals surface area contributed by atoms with Crippen molar-refractivity contribution in [3.63, 3.8) is 0 Å². The molecule has 22 heavy (non-hydrogen) atoms. The van der Waals surface area contributed by atoms with E-state index in [1.54, 1.807) is 12.1 Å². The predicted octanol–water partition coefficient (Wildman–Crippen LogP) is 0.278. The normalized spacial score (nSPS) is 26.2. The lowest BCUT2D eigenvalue weighted by Gasteiger charge is -2.33. The van der Waals surface area contributed by atoms with Gasteiger partial charge >= 0.3 is 0 Å². The minimum Gasteiger partial charge on any atom is -0.480 e. The standard InChI is InChI=1S/C15H22N4O3/c1-11-9-19(10-13(11)18-5-7-22-8-6-18)15(20)12-3-4-14(21-2)17-16-12/h3-4,11,13H,5-10H2,1-2H3/t11-,13+/m1/s1. The van der Waals surface area contributed by atoms with Gasteiger partial charge < -0.3 is 14.4 Å². The van der Waals surface area contributed by atoms with Crippen molar-refractivity contribution < 1.29 is 14.3 Å². The Kier molecular flexibility index (Phi) is 4.54. The van der Waals surface area contributed by atoms with Crippen LogP contribution in [0, 0.1) is 5.92 Å². The number of rotatable bonds is 3. The Balaban J connectivity index is 1.66. The maximum absolute atomic E-state index is 12.6. The van der Waals surface area contributed by atoms with Crippen LogP contribution < -0.4 is 4.74 Å². The topological polar surface area (TPSA) is 67.8 Å². The molecule has 2 saturated heterocycles. The molecule has 1 aromatic rings. The van der Waals surface area contributed by atoms with Gasteiger partial charge in [0, 0.05) is 38.3 Å². The Hall–Kier alpha value is -1.73. The molecule has 3 rings (SSSR count). The van der Waals surface area contributed by atoms with Gasteiger partial charge in [-0.15, -0.1) is 10.2 Å². The van der Waals surface area contributed by atoms with E-state index in [4.69, 9.17) is 9.47 Å². The second kappa shape index (κ2) is 6.58. The third-order valence-corrected chi connectivity index (χ3v) is 4.44. The van der Waals surface area contributed by atoms with Gasteiger partial charge in [0.2, 0.25) is 5.88 Å². The number of carbonyl (C=O) groups excluding carboxylic acids is 1. The van der Waals surface area contributed by atoms with Gasteiger partial charge in [0.05, 0.1) is 20.3 Å². The van der Waals surface area contributed by atoms with Crippen molar-refractivity contribution in [3.8, 4) is 5.88 Å². The van der Waals surface area contributed by atoms with Crippen LogP contribution in [0.25, 0.3) is 0 Å². The minimum absolute atomic E-state index is 0.0576. The van der Waals surface area contributed by atoms with Gasteiger partial charge in [-0.25, -0.2) is 0 Å². The van der Waals surface area contributed by atoms with Crippen molar-refractivity contribution in [1.82, 2.24) is 20.0 Å². The first kappa shape index (κ1) is 15.2. The number of aromatic nitrogens is 2. The average molecular weight is 306 g/mol. The Bertz CT molecular complexity index is 516. The first-order chi connectivity index (χ1) is 10.7. The molecule has 0 radical (unpaired) electrons. The number of morpholine rings is 1. The smallest absolute Gasteiger partial charge is 0.274 e. The lowest BCUT2D eigenvalue weighted by Crippen LogP contribution is -2.47. The van der Waals surface area contributed by atoms with Crippen LogP contribution in [-0.2, 0) is 4.74 Å². The van der Waals surface area contributed by atoms with Crippen molar-refractivity contribution in [2.24, 2.45) is 5.92 Å². The zero-order valence-electron chi connectivity index (χ0n) is 13.1. The Labute approximate surface area is 130 Å². The van der Waals surface area contributed by atoms with Crippen LogP contribution in [0.1, 0.15) is 17.4 Å². The van der Waals surface area contributed by atoms with Gasteiger partial charge in [-0.2, -0.15) is 0 Å². The SMILES string of the molecule is COc1ccc(C(=O)N2C[C@@H](C)[C@@H](N3CCOCC3)C2)nn1. The third kappa shape index (κ3) is 3.05.